The van der Waals surface area contributed by atoms with Crippen molar-refractivity contribution in [1.82, 2.24) is 5.32 Å². The SMILES string of the molecule is CCC(CC)(CC(=O)O)NC(=O)CC1CCS(=O)(=O)C1. The number of carboxylic acids is 1. The lowest BCUT2D eigenvalue weighted by atomic mass is 9.88. The monoisotopic (exact) mass is 305 g/mol. The molecule has 0 aromatic rings. The molecule has 0 aromatic carbocycles. The smallest absolute Gasteiger partial charge is 0.305 e. The maximum Gasteiger partial charge on any atom is 0.305 e. The van der Waals surface area contributed by atoms with Crippen LogP contribution in [0, 0.1) is 5.92 Å². The predicted octanol–water partition coefficient (Wildman–Crippen LogP) is 0.961. The molecule has 0 saturated carbocycles. The van der Waals surface area contributed by atoms with E-state index in [1.807, 2.05) is 13.8 Å². The largest absolute Gasteiger partial charge is 0.481 e. The number of hydrogen-bond acceptors (Lipinski definition) is 4. The minimum absolute atomic E-state index is 0.0601. The molecule has 1 aliphatic rings. The summed E-state index contributed by atoms with van der Waals surface area (Å²) in [5.41, 5.74) is -0.736. The van der Waals surface area contributed by atoms with Gasteiger partial charge in [0.25, 0.3) is 0 Å². The van der Waals surface area contributed by atoms with Crippen LogP contribution in [0.3, 0.4) is 0 Å². The topological polar surface area (TPSA) is 101 Å². The molecule has 1 fully saturated rings. The first kappa shape index (κ1) is 16.9. The van der Waals surface area contributed by atoms with Crippen LogP contribution < -0.4 is 5.32 Å². The van der Waals surface area contributed by atoms with Crippen LogP contribution in [0.5, 0.6) is 0 Å². The summed E-state index contributed by atoms with van der Waals surface area (Å²) in [5, 5.41) is 11.7. The van der Waals surface area contributed by atoms with Crippen molar-refractivity contribution in [2.45, 2.75) is 51.5 Å². The summed E-state index contributed by atoms with van der Waals surface area (Å²) in [6, 6.07) is 0. The number of carbonyl (C=O) groups is 2. The van der Waals surface area contributed by atoms with Crippen molar-refractivity contribution in [3.8, 4) is 0 Å². The lowest BCUT2D eigenvalue weighted by Crippen LogP contribution is -2.49. The zero-order valence-corrected chi connectivity index (χ0v) is 12.8. The summed E-state index contributed by atoms with van der Waals surface area (Å²) >= 11 is 0. The van der Waals surface area contributed by atoms with Crippen LogP contribution in [0.4, 0.5) is 0 Å². The van der Waals surface area contributed by atoms with Crippen LogP contribution >= 0.6 is 0 Å². The number of aliphatic carboxylic acids is 1. The van der Waals surface area contributed by atoms with Gasteiger partial charge in [-0.1, -0.05) is 13.8 Å². The van der Waals surface area contributed by atoms with Crippen molar-refractivity contribution in [1.29, 1.82) is 0 Å². The third-order valence-electron chi connectivity index (χ3n) is 4.05. The normalized spacial score (nSPS) is 21.6. The van der Waals surface area contributed by atoms with Crippen LogP contribution in [-0.2, 0) is 19.4 Å². The quantitative estimate of drug-likeness (QED) is 0.729. The van der Waals surface area contributed by atoms with E-state index in [1.54, 1.807) is 0 Å². The number of carbonyl (C=O) groups excluding carboxylic acids is 1. The van der Waals surface area contributed by atoms with E-state index in [0.29, 0.717) is 19.3 Å². The van der Waals surface area contributed by atoms with E-state index < -0.39 is 21.3 Å². The summed E-state index contributed by atoms with van der Waals surface area (Å²) in [6.45, 7) is 3.68. The first-order valence-corrected chi connectivity index (χ1v) is 8.77. The molecule has 1 atom stereocenters. The van der Waals surface area contributed by atoms with Gasteiger partial charge in [-0.15, -0.1) is 0 Å². The first-order chi connectivity index (χ1) is 9.22. The molecule has 6 nitrogen and oxygen atoms in total. The predicted molar refractivity (Wildman–Crippen MR) is 75.1 cm³/mol. The average molecular weight is 305 g/mol. The van der Waals surface area contributed by atoms with Gasteiger partial charge in [0.15, 0.2) is 9.84 Å². The van der Waals surface area contributed by atoms with Crippen molar-refractivity contribution in [3.63, 3.8) is 0 Å². The highest BCUT2D eigenvalue weighted by Gasteiger charge is 2.34. The Bertz CT molecular complexity index is 467. The molecule has 116 valence electrons. The summed E-state index contributed by atoms with van der Waals surface area (Å²) in [5.74, 6) is -1.14. The van der Waals surface area contributed by atoms with Gasteiger partial charge in [-0.05, 0) is 25.2 Å². The number of amides is 1. The maximum absolute atomic E-state index is 12.0. The van der Waals surface area contributed by atoms with Crippen molar-refractivity contribution < 1.29 is 23.1 Å². The van der Waals surface area contributed by atoms with Crippen molar-refractivity contribution in [3.05, 3.63) is 0 Å². The van der Waals surface area contributed by atoms with E-state index in [-0.39, 0.29) is 36.2 Å². The van der Waals surface area contributed by atoms with Gasteiger partial charge in [-0.2, -0.15) is 0 Å². The second-order valence-corrected chi connectivity index (χ2v) is 7.81. The average Bonchev–Trinajstić information content (AvgIpc) is 2.66. The second kappa shape index (κ2) is 6.56. The molecule has 1 aliphatic heterocycles. The Morgan fingerprint density at radius 1 is 1.30 bits per heavy atom. The Morgan fingerprint density at radius 2 is 1.90 bits per heavy atom. The van der Waals surface area contributed by atoms with Gasteiger partial charge in [0, 0.05) is 12.0 Å². The fourth-order valence-electron chi connectivity index (χ4n) is 2.65. The van der Waals surface area contributed by atoms with E-state index in [1.165, 1.54) is 0 Å². The van der Waals surface area contributed by atoms with Crippen molar-refractivity contribution >= 4 is 21.7 Å². The van der Waals surface area contributed by atoms with E-state index >= 15 is 0 Å². The van der Waals surface area contributed by atoms with Crippen LogP contribution in [0.1, 0.15) is 46.0 Å². The second-order valence-electron chi connectivity index (χ2n) is 5.58. The number of hydrogen-bond donors (Lipinski definition) is 2. The number of nitrogens with one attached hydrogen (secondary N) is 1. The van der Waals surface area contributed by atoms with Gasteiger partial charge in [-0.25, -0.2) is 8.42 Å². The summed E-state index contributed by atoms with van der Waals surface area (Å²) < 4.78 is 22.7. The minimum Gasteiger partial charge on any atom is -0.481 e. The molecule has 1 rings (SSSR count). The third-order valence-corrected chi connectivity index (χ3v) is 5.89. The van der Waals surface area contributed by atoms with Crippen molar-refractivity contribution in [2.75, 3.05) is 11.5 Å². The zero-order chi connectivity index (χ0) is 15.4. The third kappa shape index (κ3) is 4.77. The van der Waals surface area contributed by atoms with E-state index in [4.69, 9.17) is 5.11 Å². The van der Waals surface area contributed by atoms with Crippen molar-refractivity contribution in [2.24, 2.45) is 5.92 Å². The number of carboxylic acid groups (broad SMARTS) is 1. The number of rotatable bonds is 7. The van der Waals surface area contributed by atoms with Crippen LogP contribution in [0.2, 0.25) is 0 Å². The molecule has 0 spiro atoms. The van der Waals surface area contributed by atoms with E-state index in [0.717, 1.165) is 0 Å². The molecule has 1 saturated heterocycles. The molecule has 7 heteroatoms. The first-order valence-electron chi connectivity index (χ1n) is 6.95. The molecular formula is C13H23NO5S. The van der Waals surface area contributed by atoms with Gasteiger partial charge in [0.1, 0.15) is 0 Å². The molecule has 0 aromatic heterocycles. The highest BCUT2D eigenvalue weighted by atomic mass is 32.2. The lowest BCUT2D eigenvalue weighted by Gasteiger charge is -2.31. The van der Waals surface area contributed by atoms with Crippen LogP contribution in [0.25, 0.3) is 0 Å². The molecular weight excluding hydrogens is 282 g/mol. The molecule has 20 heavy (non-hydrogen) atoms. The Labute approximate surface area is 119 Å². The van der Waals surface area contributed by atoms with Gasteiger partial charge >= 0.3 is 5.97 Å². The van der Waals surface area contributed by atoms with Gasteiger partial charge in [0.2, 0.25) is 5.91 Å². The Morgan fingerprint density at radius 3 is 2.30 bits per heavy atom. The van der Waals surface area contributed by atoms with Gasteiger partial charge in [0.05, 0.1) is 17.9 Å². The summed E-state index contributed by atoms with van der Waals surface area (Å²) in [4.78, 5) is 22.9. The van der Waals surface area contributed by atoms with Crippen LogP contribution in [0.15, 0.2) is 0 Å². The van der Waals surface area contributed by atoms with E-state index in [2.05, 4.69) is 5.32 Å². The molecule has 0 aliphatic carbocycles. The molecule has 0 bridgehead atoms. The minimum atomic E-state index is -2.99. The fourth-order valence-corrected chi connectivity index (χ4v) is 4.51. The highest BCUT2D eigenvalue weighted by molar-refractivity contribution is 7.91. The standard InChI is InChI=1S/C13H23NO5S/c1-3-13(4-2,8-12(16)17)14-11(15)7-10-5-6-20(18,19)9-10/h10H,3-9H2,1-2H3,(H,14,15)(H,16,17). The van der Waals surface area contributed by atoms with Gasteiger partial charge in [-0.3, -0.25) is 9.59 Å². The van der Waals surface area contributed by atoms with E-state index in [9.17, 15) is 18.0 Å². The molecule has 0 radical (unpaired) electrons. The zero-order valence-electron chi connectivity index (χ0n) is 12.0. The fraction of sp³-hybridized carbons (Fsp3) is 0.846. The Balaban J connectivity index is 2.61. The Kier molecular flexibility index (Phi) is 5.56. The van der Waals surface area contributed by atoms with Crippen LogP contribution in [-0.4, -0.2) is 42.4 Å². The maximum atomic E-state index is 12.0. The lowest BCUT2D eigenvalue weighted by molar-refractivity contribution is -0.139. The van der Waals surface area contributed by atoms with Gasteiger partial charge < -0.3 is 10.4 Å². The molecule has 1 unspecified atom stereocenters. The highest BCUT2D eigenvalue weighted by Crippen LogP contribution is 2.24. The Hall–Kier alpha value is -1.11. The molecule has 2 N–H and O–H groups in total. The molecule has 1 heterocycles. The molecule has 1 amide bonds. The summed E-state index contributed by atoms with van der Waals surface area (Å²) in [6.07, 6.45) is 1.62. The summed E-state index contributed by atoms with van der Waals surface area (Å²) in [7, 11) is -2.99. The number of sulfone groups is 1.